The summed E-state index contributed by atoms with van der Waals surface area (Å²) in [7, 11) is 0. The van der Waals surface area contributed by atoms with E-state index in [1.54, 1.807) is 0 Å². The second-order valence-corrected chi connectivity index (χ2v) is 12.5. The number of rotatable bonds is 4. The van der Waals surface area contributed by atoms with Crippen molar-refractivity contribution in [1.29, 1.82) is 5.26 Å². The van der Waals surface area contributed by atoms with Gasteiger partial charge in [0.25, 0.3) is 0 Å². The molecule has 0 fully saturated rings. The van der Waals surface area contributed by atoms with Crippen molar-refractivity contribution >= 4 is 43.6 Å². The molecule has 0 saturated heterocycles. The van der Waals surface area contributed by atoms with Gasteiger partial charge in [0.05, 0.1) is 39.1 Å². The van der Waals surface area contributed by atoms with Crippen LogP contribution in [0.3, 0.4) is 0 Å². The van der Waals surface area contributed by atoms with Crippen molar-refractivity contribution in [3.8, 4) is 39.8 Å². The lowest BCUT2D eigenvalue weighted by molar-refractivity contribution is 1.12. The third-order valence-electron chi connectivity index (χ3n) is 9.51. The van der Waals surface area contributed by atoms with E-state index in [1.807, 2.05) is 30.5 Å². The predicted molar refractivity (Wildman–Crippen MR) is 198 cm³/mol. The number of benzene rings is 6. The van der Waals surface area contributed by atoms with Crippen LogP contribution in [-0.4, -0.2) is 14.1 Å². The molecule has 3 aromatic heterocycles. The van der Waals surface area contributed by atoms with Gasteiger partial charge in [-0.3, -0.25) is 4.98 Å². The highest BCUT2D eigenvalue weighted by Gasteiger charge is 2.23. The van der Waals surface area contributed by atoms with Crippen LogP contribution < -0.4 is 0 Å². The van der Waals surface area contributed by atoms with Crippen molar-refractivity contribution < 1.29 is 0 Å². The van der Waals surface area contributed by atoms with Crippen LogP contribution in [0, 0.1) is 25.2 Å². The summed E-state index contributed by atoms with van der Waals surface area (Å²) < 4.78 is 4.56. The van der Waals surface area contributed by atoms with Crippen LogP contribution >= 0.6 is 0 Å². The van der Waals surface area contributed by atoms with Crippen LogP contribution in [0.15, 0.2) is 146 Å². The molecule has 0 radical (unpaired) electrons. The van der Waals surface area contributed by atoms with E-state index in [1.165, 1.54) is 0 Å². The molecule has 0 saturated carbocycles. The first-order valence-electron chi connectivity index (χ1n) is 16.2. The van der Waals surface area contributed by atoms with E-state index >= 15 is 0 Å². The highest BCUT2D eigenvalue weighted by Crippen LogP contribution is 2.41. The minimum atomic E-state index is 0.609. The molecule has 9 aromatic rings. The molecule has 4 nitrogen and oxygen atoms in total. The van der Waals surface area contributed by atoms with E-state index in [0.29, 0.717) is 5.56 Å². The van der Waals surface area contributed by atoms with Crippen molar-refractivity contribution in [2.24, 2.45) is 0 Å². The van der Waals surface area contributed by atoms with Gasteiger partial charge in [-0.2, -0.15) is 5.26 Å². The normalized spacial score (nSPS) is 11.5. The quantitative estimate of drug-likeness (QED) is 0.198. The summed E-state index contributed by atoms with van der Waals surface area (Å²) in [4.78, 5) is 4.90. The fourth-order valence-corrected chi connectivity index (χ4v) is 7.38. The number of pyridine rings is 1. The molecule has 0 N–H and O–H groups in total. The fourth-order valence-electron chi connectivity index (χ4n) is 7.38. The Morgan fingerprint density at radius 2 is 1.02 bits per heavy atom. The molecule has 0 aliphatic carbocycles. The van der Waals surface area contributed by atoms with Crippen LogP contribution in [0.25, 0.3) is 77.4 Å². The number of para-hydroxylation sites is 2. The lowest BCUT2D eigenvalue weighted by Crippen LogP contribution is -2.05. The summed E-state index contributed by atoms with van der Waals surface area (Å²) in [5, 5.41) is 15.8. The fraction of sp³-hybridized carbons (Fsp3) is 0.0455. The molecule has 0 aliphatic rings. The molecule has 9 rings (SSSR count). The van der Waals surface area contributed by atoms with Crippen molar-refractivity contribution in [3.05, 3.63) is 162 Å². The minimum absolute atomic E-state index is 0.609. The van der Waals surface area contributed by atoms with Crippen molar-refractivity contribution in [3.63, 3.8) is 0 Å². The van der Waals surface area contributed by atoms with E-state index in [4.69, 9.17) is 4.98 Å². The van der Waals surface area contributed by atoms with Crippen molar-refractivity contribution in [1.82, 2.24) is 14.1 Å². The van der Waals surface area contributed by atoms with Crippen LogP contribution in [0.1, 0.15) is 16.7 Å². The Hall–Kier alpha value is -6.44. The molecule has 226 valence electrons. The molecule has 3 heterocycles. The summed E-state index contributed by atoms with van der Waals surface area (Å²) >= 11 is 0. The number of aromatic nitrogens is 3. The Balaban J connectivity index is 1.48. The van der Waals surface area contributed by atoms with E-state index in [-0.39, 0.29) is 0 Å². The third kappa shape index (κ3) is 4.18. The maximum Gasteiger partial charge on any atom is 0.104 e. The molecule has 0 atom stereocenters. The van der Waals surface area contributed by atoms with Gasteiger partial charge in [-0.05, 0) is 73.0 Å². The average molecular weight is 615 g/mol. The zero-order valence-corrected chi connectivity index (χ0v) is 26.6. The minimum Gasteiger partial charge on any atom is -0.308 e. The molecule has 0 aliphatic heterocycles. The van der Waals surface area contributed by atoms with E-state index in [9.17, 15) is 5.26 Å². The Kier molecular flexibility index (Phi) is 6.28. The van der Waals surface area contributed by atoms with E-state index in [0.717, 1.165) is 88.5 Å². The number of nitrogens with zero attached hydrogens (tertiary/aromatic N) is 4. The molecule has 4 heteroatoms. The molecule has 48 heavy (non-hydrogen) atoms. The van der Waals surface area contributed by atoms with Crippen LogP contribution in [0.2, 0.25) is 0 Å². The van der Waals surface area contributed by atoms with Crippen molar-refractivity contribution in [2.75, 3.05) is 0 Å². The van der Waals surface area contributed by atoms with Gasteiger partial charge in [-0.25, -0.2) is 0 Å². The highest BCUT2D eigenvalue weighted by atomic mass is 15.0. The first kappa shape index (κ1) is 27.8. The maximum atomic E-state index is 11.2. The molecule has 0 amide bonds. The van der Waals surface area contributed by atoms with Gasteiger partial charge in [0.2, 0.25) is 0 Å². The summed E-state index contributed by atoms with van der Waals surface area (Å²) in [6.07, 6.45) is 1.85. The lowest BCUT2D eigenvalue weighted by atomic mass is 9.96. The summed E-state index contributed by atoms with van der Waals surface area (Å²) in [6.45, 7) is 4.24. The molecule has 0 spiro atoms. The van der Waals surface area contributed by atoms with E-state index < -0.39 is 0 Å². The topological polar surface area (TPSA) is 46.5 Å². The van der Waals surface area contributed by atoms with Gasteiger partial charge >= 0.3 is 0 Å². The zero-order chi connectivity index (χ0) is 32.4. The average Bonchev–Trinajstić information content (AvgIpc) is 3.63. The van der Waals surface area contributed by atoms with E-state index in [2.05, 4.69) is 144 Å². The summed E-state index contributed by atoms with van der Waals surface area (Å²) in [5.41, 5.74) is 12.8. The zero-order valence-electron chi connectivity index (χ0n) is 26.6. The van der Waals surface area contributed by atoms with Crippen molar-refractivity contribution in [2.45, 2.75) is 13.8 Å². The standard InChI is InChI=1S/C44H30N4/c1-28-18-20-35-33-13-6-8-16-38(33)47(40(35)23-28)42-25-31(32-15-10-22-46-44(32)30-11-4-3-5-12-30)26-43(37(42)27-45)48-39-17-9-7-14-34(39)36-21-19-29(2)24-41(36)48/h3-26H,1-2H3. The number of aryl methyl sites for hydroxylation is 2. The largest absolute Gasteiger partial charge is 0.308 e. The van der Waals surface area contributed by atoms with Gasteiger partial charge in [-0.15, -0.1) is 0 Å². The Bertz CT molecular complexity index is 2620. The monoisotopic (exact) mass is 614 g/mol. The van der Waals surface area contributed by atoms with Crippen LogP contribution in [0.5, 0.6) is 0 Å². The molecule has 0 bridgehead atoms. The Morgan fingerprint density at radius 1 is 0.500 bits per heavy atom. The van der Waals surface area contributed by atoms with Crippen LogP contribution in [-0.2, 0) is 0 Å². The summed E-state index contributed by atoms with van der Waals surface area (Å²) in [6, 6.07) is 51.6. The molecule has 6 aromatic carbocycles. The molecular weight excluding hydrogens is 585 g/mol. The molecule has 0 unspecified atom stereocenters. The lowest BCUT2D eigenvalue weighted by Gasteiger charge is -2.19. The maximum absolute atomic E-state index is 11.2. The summed E-state index contributed by atoms with van der Waals surface area (Å²) in [5.74, 6) is 0. The second-order valence-electron chi connectivity index (χ2n) is 12.5. The Labute approximate surface area is 278 Å². The second kappa shape index (κ2) is 10.8. The Morgan fingerprint density at radius 3 is 1.58 bits per heavy atom. The first-order chi connectivity index (χ1) is 23.6. The molecular formula is C44H30N4. The third-order valence-corrected chi connectivity index (χ3v) is 9.51. The highest BCUT2D eigenvalue weighted by molar-refractivity contribution is 6.11. The van der Waals surface area contributed by atoms with Gasteiger partial charge < -0.3 is 9.13 Å². The predicted octanol–water partition coefficient (Wildman–Crippen LogP) is 11.1. The number of fused-ring (bicyclic) bond motifs is 6. The van der Waals surface area contributed by atoms with Gasteiger partial charge in [-0.1, -0.05) is 97.1 Å². The van der Waals surface area contributed by atoms with Crippen LogP contribution in [0.4, 0.5) is 0 Å². The van der Waals surface area contributed by atoms with Gasteiger partial charge in [0.1, 0.15) is 11.6 Å². The van der Waals surface area contributed by atoms with Gasteiger partial charge in [0, 0.05) is 38.9 Å². The number of nitriles is 1. The number of hydrogen-bond acceptors (Lipinski definition) is 2. The first-order valence-corrected chi connectivity index (χ1v) is 16.2. The SMILES string of the molecule is Cc1ccc2c3ccccc3n(-c3cc(-c4cccnc4-c4ccccc4)cc(-n4c5ccccc5c5ccc(C)cc54)c3C#N)c2c1. The van der Waals surface area contributed by atoms with Gasteiger partial charge in [0.15, 0.2) is 0 Å². The number of hydrogen-bond donors (Lipinski definition) is 0. The smallest absolute Gasteiger partial charge is 0.104 e.